The van der Waals surface area contributed by atoms with Crippen molar-refractivity contribution in [3.8, 4) is 0 Å². The highest BCUT2D eigenvalue weighted by Gasteiger charge is 2.06. The van der Waals surface area contributed by atoms with Gasteiger partial charge < -0.3 is 10.5 Å². The summed E-state index contributed by atoms with van der Waals surface area (Å²) in [5, 5.41) is 0. The second kappa shape index (κ2) is 4.45. The van der Waals surface area contributed by atoms with E-state index in [0.717, 1.165) is 6.42 Å². The molecule has 0 aliphatic rings. The molecule has 0 fully saturated rings. The van der Waals surface area contributed by atoms with Crippen LogP contribution in [0.4, 0.5) is 5.82 Å². The van der Waals surface area contributed by atoms with Gasteiger partial charge in [0.25, 0.3) is 0 Å². The summed E-state index contributed by atoms with van der Waals surface area (Å²) in [6, 6.07) is 3.08. The average molecular weight is 180 g/mol. The van der Waals surface area contributed by atoms with E-state index in [-0.39, 0.29) is 5.97 Å². The Hall–Kier alpha value is -1.58. The number of hydrogen-bond acceptors (Lipinski definition) is 4. The number of nitrogens with two attached hydrogens (primary N) is 1. The number of esters is 1. The van der Waals surface area contributed by atoms with E-state index in [0.29, 0.717) is 18.0 Å². The molecule has 13 heavy (non-hydrogen) atoms. The molecule has 70 valence electrons. The summed E-state index contributed by atoms with van der Waals surface area (Å²) in [6.07, 6.45) is 2.30. The van der Waals surface area contributed by atoms with Crippen molar-refractivity contribution in [3.63, 3.8) is 0 Å². The number of nitrogen functional groups attached to an aromatic ring is 1. The lowest BCUT2D eigenvalue weighted by Crippen LogP contribution is -2.06. The van der Waals surface area contributed by atoms with Crippen molar-refractivity contribution in [1.29, 1.82) is 0 Å². The molecule has 0 amide bonds. The molecule has 1 rings (SSSR count). The van der Waals surface area contributed by atoms with Crippen LogP contribution in [0.1, 0.15) is 23.7 Å². The SMILES string of the molecule is CCCOC(=O)c1ccnc(N)c1. The Morgan fingerprint density at radius 3 is 3.08 bits per heavy atom. The Bertz CT molecular complexity index is 299. The van der Waals surface area contributed by atoms with E-state index >= 15 is 0 Å². The van der Waals surface area contributed by atoms with Crippen molar-refractivity contribution in [3.05, 3.63) is 23.9 Å². The molecule has 1 aromatic rings. The van der Waals surface area contributed by atoms with Gasteiger partial charge in [-0.1, -0.05) is 6.92 Å². The predicted molar refractivity (Wildman–Crippen MR) is 49.2 cm³/mol. The topological polar surface area (TPSA) is 65.2 Å². The Morgan fingerprint density at radius 2 is 2.46 bits per heavy atom. The van der Waals surface area contributed by atoms with E-state index in [2.05, 4.69) is 4.98 Å². The van der Waals surface area contributed by atoms with Gasteiger partial charge in [-0.3, -0.25) is 0 Å². The fraction of sp³-hybridized carbons (Fsp3) is 0.333. The van der Waals surface area contributed by atoms with Gasteiger partial charge in [-0.15, -0.1) is 0 Å². The minimum Gasteiger partial charge on any atom is -0.462 e. The van der Waals surface area contributed by atoms with Crippen molar-refractivity contribution in [2.45, 2.75) is 13.3 Å². The van der Waals surface area contributed by atoms with Crippen LogP contribution in [0.15, 0.2) is 18.3 Å². The number of carbonyl (C=O) groups is 1. The van der Waals surface area contributed by atoms with Crippen molar-refractivity contribution in [2.75, 3.05) is 12.3 Å². The predicted octanol–water partition coefficient (Wildman–Crippen LogP) is 1.23. The number of hydrogen-bond donors (Lipinski definition) is 1. The zero-order valence-corrected chi connectivity index (χ0v) is 7.49. The third-order valence-corrected chi connectivity index (χ3v) is 1.45. The Kier molecular flexibility index (Phi) is 3.25. The highest BCUT2D eigenvalue weighted by molar-refractivity contribution is 5.89. The average Bonchev–Trinajstić information content (AvgIpc) is 2.14. The van der Waals surface area contributed by atoms with Gasteiger partial charge in [-0.05, 0) is 18.6 Å². The third-order valence-electron chi connectivity index (χ3n) is 1.45. The van der Waals surface area contributed by atoms with Crippen LogP contribution in [-0.2, 0) is 4.74 Å². The monoisotopic (exact) mass is 180 g/mol. The van der Waals surface area contributed by atoms with Crippen molar-refractivity contribution < 1.29 is 9.53 Å². The summed E-state index contributed by atoms with van der Waals surface area (Å²) >= 11 is 0. The van der Waals surface area contributed by atoms with Crippen LogP contribution < -0.4 is 5.73 Å². The normalized spacial score (nSPS) is 9.62. The van der Waals surface area contributed by atoms with E-state index < -0.39 is 0 Å². The summed E-state index contributed by atoms with van der Waals surface area (Å²) in [4.78, 5) is 15.0. The summed E-state index contributed by atoms with van der Waals surface area (Å²) in [6.45, 7) is 2.37. The Labute approximate surface area is 76.7 Å². The van der Waals surface area contributed by atoms with Crippen molar-refractivity contribution in [1.82, 2.24) is 4.98 Å². The first-order chi connectivity index (χ1) is 6.24. The zero-order chi connectivity index (χ0) is 9.68. The molecular weight excluding hydrogens is 168 g/mol. The molecular formula is C9H12N2O2. The summed E-state index contributed by atoms with van der Waals surface area (Å²) in [5.74, 6) is -0.0260. The number of pyridine rings is 1. The van der Waals surface area contributed by atoms with E-state index in [1.165, 1.54) is 12.3 Å². The van der Waals surface area contributed by atoms with Gasteiger partial charge in [-0.2, -0.15) is 0 Å². The highest BCUT2D eigenvalue weighted by atomic mass is 16.5. The van der Waals surface area contributed by atoms with Crippen LogP contribution in [0, 0.1) is 0 Å². The molecule has 0 aliphatic carbocycles. The Balaban J connectivity index is 2.66. The minimum atomic E-state index is -0.351. The molecule has 4 heteroatoms. The molecule has 2 N–H and O–H groups in total. The molecule has 1 aromatic heterocycles. The first-order valence-corrected chi connectivity index (χ1v) is 4.12. The number of rotatable bonds is 3. The van der Waals surface area contributed by atoms with E-state index in [9.17, 15) is 4.79 Å². The molecule has 0 atom stereocenters. The number of carbonyl (C=O) groups excluding carboxylic acids is 1. The second-order valence-electron chi connectivity index (χ2n) is 2.61. The van der Waals surface area contributed by atoms with Crippen molar-refractivity contribution in [2.24, 2.45) is 0 Å². The fourth-order valence-corrected chi connectivity index (χ4v) is 0.853. The van der Waals surface area contributed by atoms with Gasteiger partial charge in [0, 0.05) is 6.20 Å². The van der Waals surface area contributed by atoms with Crippen LogP contribution in [0.2, 0.25) is 0 Å². The lowest BCUT2D eigenvalue weighted by atomic mass is 10.2. The molecule has 0 unspecified atom stereocenters. The standard InChI is InChI=1S/C9H12N2O2/c1-2-5-13-9(12)7-3-4-11-8(10)6-7/h3-4,6H,2,5H2,1H3,(H2,10,11). The number of aromatic nitrogens is 1. The van der Waals surface area contributed by atoms with Gasteiger partial charge in [0.15, 0.2) is 0 Å². The van der Waals surface area contributed by atoms with Crippen LogP contribution >= 0.6 is 0 Å². The molecule has 0 saturated carbocycles. The molecule has 0 radical (unpaired) electrons. The fourth-order valence-electron chi connectivity index (χ4n) is 0.853. The van der Waals surface area contributed by atoms with Gasteiger partial charge >= 0.3 is 5.97 Å². The summed E-state index contributed by atoms with van der Waals surface area (Å²) < 4.78 is 4.91. The van der Waals surface area contributed by atoms with Crippen LogP contribution in [0.3, 0.4) is 0 Å². The molecule has 0 saturated heterocycles. The van der Waals surface area contributed by atoms with E-state index in [1.807, 2.05) is 6.92 Å². The van der Waals surface area contributed by atoms with Crippen LogP contribution in [-0.4, -0.2) is 17.6 Å². The maximum absolute atomic E-state index is 11.3. The maximum Gasteiger partial charge on any atom is 0.338 e. The zero-order valence-electron chi connectivity index (χ0n) is 7.49. The smallest absolute Gasteiger partial charge is 0.338 e. The summed E-state index contributed by atoms with van der Waals surface area (Å²) in [7, 11) is 0. The highest BCUT2D eigenvalue weighted by Crippen LogP contribution is 2.04. The summed E-state index contributed by atoms with van der Waals surface area (Å²) in [5.41, 5.74) is 5.85. The first-order valence-electron chi connectivity index (χ1n) is 4.12. The third kappa shape index (κ3) is 2.74. The molecule has 1 heterocycles. The van der Waals surface area contributed by atoms with Gasteiger partial charge in [0.05, 0.1) is 12.2 Å². The number of nitrogens with zero attached hydrogens (tertiary/aromatic N) is 1. The molecule has 0 aromatic carbocycles. The van der Waals surface area contributed by atoms with Gasteiger partial charge in [0.1, 0.15) is 5.82 Å². The maximum atomic E-state index is 11.3. The molecule has 0 bridgehead atoms. The van der Waals surface area contributed by atoms with E-state index in [1.54, 1.807) is 6.07 Å². The molecule has 4 nitrogen and oxygen atoms in total. The van der Waals surface area contributed by atoms with Crippen molar-refractivity contribution >= 4 is 11.8 Å². The van der Waals surface area contributed by atoms with Crippen LogP contribution in [0.25, 0.3) is 0 Å². The van der Waals surface area contributed by atoms with E-state index in [4.69, 9.17) is 10.5 Å². The van der Waals surface area contributed by atoms with Gasteiger partial charge in [-0.25, -0.2) is 9.78 Å². The first kappa shape index (κ1) is 9.51. The van der Waals surface area contributed by atoms with Gasteiger partial charge in [0.2, 0.25) is 0 Å². The number of ether oxygens (including phenoxy) is 1. The largest absolute Gasteiger partial charge is 0.462 e. The lowest BCUT2D eigenvalue weighted by molar-refractivity contribution is 0.0505. The van der Waals surface area contributed by atoms with Crippen LogP contribution in [0.5, 0.6) is 0 Å². The molecule has 0 spiro atoms. The lowest BCUT2D eigenvalue weighted by Gasteiger charge is -2.02. The molecule has 0 aliphatic heterocycles. The number of anilines is 1. The minimum absolute atomic E-state index is 0.325. The Morgan fingerprint density at radius 1 is 1.69 bits per heavy atom. The quantitative estimate of drug-likeness (QED) is 0.710. The second-order valence-corrected chi connectivity index (χ2v) is 2.61.